The number of carbonyl (C=O) groups excluding carboxylic acids is 1. The molecule has 1 atom stereocenters. The lowest BCUT2D eigenvalue weighted by atomic mass is 9.97. The van der Waals surface area contributed by atoms with Gasteiger partial charge in [0, 0.05) is 0 Å². The van der Waals surface area contributed by atoms with Gasteiger partial charge in [-0.05, 0) is 48.2 Å². The fraction of sp³-hybridized carbons (Fsp3) is 0.263. The number of carboxylic acid groups (broad SMARTS) is 1. The quantitative estimate of drug-likeness (QED) is 0.844. The molecule has 1 unspecified atom stereocenters. The number of nitrogens with one attached hydrogen (secondary N) is 1. The highest BCUT2D eigenvalue weighted by molar-refractivity contribution is 5.86. The summed E-state index contributed by atoms with van der Waals surface area (Å²) in [6, 6.07) is 8.33. The van der Waals surface area contributed by atoms with Crippen molar-refractivity contribution < 1.29 is 23.8 Å². The molecule has 2 N–H and O–H groups in total. The first-order valence-corrected chi connectivity index (χ1v) is 7.74. The van der Waals surface area contributed by atoms with E-state index in [0.717, 1.165) is 11.1 Å². The van der Waals surface area contributed by atoms with Gasteiger partial charge in [-0.25, -0.2) is 9.18 Å². The summed E-state index contributed by atoms with van der Waals surface area (Å²) < 4.78 is 18.5. The van der Waals surface area contributed by atoms with Gasteiger partial charge in [0.2, 0.25) is 5.91 Å². The SMILES string of the molecule is COc1ccc(CC(=O)NC(C(=O)O)c2cccc(C)c2C)cc1F. The third kappa shape index (κ3) is 4.35. The molecule has 6 heteroatoms. The lowest BCUT2D eigenvalue weighted by Crippen LogP contribution is -2.35. The van der Waals surface area contributed by atoms with Gasteiger partial charge in [-0.1, -0.05) is 24.3 Å². The van der Waals surface area contributed by atoms with E-state index in [1.54, 1.807) is 18.2 Å². The maximum absolute atomic E-state index is 13.7. The predicted molar refractivity (Wildman–Crippen MR) is 91.1 cm³/mol. The van der Waals surface area contributed by atoms with Gasteiger partial charge < -0.3 is 15.2 Å². The first-order chi connectivity index (χ1) is 11.8. The zero-order chi connectivity index (χ0) is 18.6. The average molecular weight is 345 g/mol. The molecule has 0 fully saturated rings. The third-order valence-corrected chi connectivity index (χ3v) is 4.09. The van der Waals surface area contributed by atoms with E-state index in [0.29, 0.717) is 11.1 Å². The topological polar surface area (TPSA) is 75.6 Å². The Kier molecular flexibility index (Phi) is 5.75. The second kappa shape index (κ2) is 7.79. The summed E-state index contributed by atoms with van der Waals surface area (Å²) in [6.45, 7) is 3.69. The molecule has 0 saturated carbocycles. The molecule has 1 amide bonds. The van der Waals surface area contributed by atoms with Crippen molar-refractivity contribution >= 4 is 11.9 Å². The third-order valence-electron chi connectivity index (χ3n) is 4.09. The molecule has 132 valence electrons. The second-order valence-electron chi connectivity index (χ2n) is 5.77. The van der Waals surface area contributed by atoms with Crippen molar-refractivity contribution in [1.82, 2.24) is 5.32 Å². The van der Waals surface area contributed by atoms with Crippen LogP contribution in [0.5, 0.6) is 5.75 Å². The van der Waals surface area contributed by atoms with Crippen molar-refractivity contribution in [1.29, 1.82) is 0 Å². The summed E-state index contributed by atoms with van der Waals surface area (Å²) in [5.41, 5.74) is 2.71. The van der Waals surface area contributed by atoms with E-state index in [-0.39, 0.29) is 12.2 Å². The van der Waals surface area contributed by atoms with Gasteiger partial charge in [0.25, 0.3) is 0 Å². The van der Waals surface area contributed by atoms with Crippen LogP contribution in [0.15, 0.2) is 36.4 Å². The van der Waals surface area contributed by atoms with Gasteiger partial charge in [-0.2, -0.15) is 0 Å². The van der Waals surface area contributed by atoms with Crippen molar-refractivity contribution in [3.8, 4) is 5.75 Å². The lowest BCUT2D eigenvalue weighted by Gasteiger charge is -2.18. The number of ether oxygens (including phenoxy) is 1. The smallest absolute Gasteiger partial charge is 0.330 e. The van der Waals surface area contributed by atoms with Crippen LogP contribution in [0.3, 0.4) is 0 Å². The van der Waals surface area contributed by atoms with Gasteiger partial charge in [0.15, 0.2) is 17.6 Å². The molecule has 0 aliphatic heterocycles. The predicted octanol–water partition coefficient (Wildman–Crippen LogP) is 2.94. The largest absolute Gasteiger partial charge is 0.494 e. The standard InChI is InChI=1S/C19H20FNO4/c1-11-5-4-6-14(12(11)2)18(19(23)24)21-17(22)10-13-7-8-16(25-3)15(20)9-13/h4-9,18H,10H2,1-3H3,(H,21,22)(H,23,24). The second-order valence-corrected chi connectivity index (χ2v) is 5.77. The summed E-state index contributed by atoms with van der Waals surface area (Å²) >= 11 is 0. The monoisotopic (exact) mass is 345 g/mol. The minimum absolute atomic E-state index is 0.0861. The Hall–Kier alpha value is -2.89. The molecule has 2 aromatic carbocycles. The molecule has 0 aromatic heterocycles. The molecule has 0 bridgehead atoms. The van der Waals surface area contributed by atoms with E-state index in [9.17, 15) is 19.1 Å². The molecule has 5 nitrogen and oxygen atoms in total. The molecule has 0 aliphatic carbocycles. The Morgan fingerprint density at radius 2 is 1.96 bits per heavy atom. The Morgan fingerprint density at radius 1 is 1.24 bits per heavy atom. The number of aryl methyl sites for hydroxylation is 1. The fourth-order valence-electron chi connectivity index (χ4n) is 2.58. The normalized spacial score (nSPS) is 11.7. The van der Waals surface area contributed by atoms with Crippen LogP contribution in [0.4, 0.5) is 4.39 Å². The fourth-order valence-corrected chi connectivity index (χ4v) is 2.58. The number of halogens is 1. The Labute approximate surface area is 145 Å². The van der Waals surface area contributed by atoms with Gasteiger partial charge in [0.1, 0.15) is 0 Å². The maximum Gasteiger partial charge on any atom is 0.330 e. The molecule has 0 radical (unpaired) electrons. The summed E-state index contributed by atoms with van der Waals surface area (Å²) in [7, 11) is 1.35. The number of hydrogen-bond acceptors (Lipinski definition) is 3. The zero-order valence-corrected chi connectivity index (χ0v) is 14.3. The molecule has 0 heterocycles. The van der Waals surface area contributed by atoms with E-state index in [1.165, 1.54) is 19.2 Å². The molecule has 2 aromatic rings. The van der Waals surface area contributed by atoms with Crippen molar-refractivity contribution in [2.75, 3.05) is 7.11 Å². The minimum Gasteiger partial charge on any atom is -0.494 e. The van der Waals surface area contributed by atoms with Crippen LogP contribution in [0.25, 0.3) is 0 Å². The van der Waals surface area contributed by atoms with Gasteiger partial charge in [0.05, 0.1) is 13.5 Å². The lowest BCUT2D eigenvalue weighted by molar-refractivity contribution is -0.142. The molecular formula is C19H20FNO4. The van der Waals surface area contributed by atoms with Crippen LogP contribution in [-0.4, -0.2) is 24.1 Å². The molecule has 2 rings (SSSR count). The van der Waals surface area contributed by atoms with Crippen molar-refractivity contribution in [3.63, 3.8) is 0 Å². The molecule has 0 aliphatic rings. The van der Waals surface area contributed by atoms with Crippen LogP contribution < -0.4 is 10.1 Å². The Balaban J connectivity index is 2.17. The summed E-state index contributed by atoms with van der Waals surface area (Å²) in [4.78, 5) is 23.8. The highest BCUT2D eigenvalue weighted by Gasteiger charge is 2.24. The molecule has 25 heavy (non-hydrogen) atoms. The van der Waals surface area contributed by atoms with Crippen LogP contribution in [0.1, 0.15) is 28.3 Å². The van der Waals surface area contributed by atoms with Gasteiger partial charge in [-0.15, -0.1) is 0 Å². The van der Waals surface area contributed by atoms with Gasteiger partial charge in [-0.3, -0.25) is 4.79 Å². The Bertz CT molecular complexity index is 804. The highest BCUT2D eigenvalue weighted by Crippen LogP contribution is 2.22. The molecule has 0 spiro atoms. The Morgan fingerprint density at radius 3 is 2.56 bits per heavy atom. The van der Waals surface area contributed by atoms with E-state index >= 15 is 0 Å². The summed E-state index contributed by atoms with van der Waals surface area (Å²) in [5, 5.41) is 12.0. The van der Waals surface area contributed by atoms with Gasteiger partial charge >= 0.3 is 5.97 Å². The van der Waals surface area contributed by atoms with Crippen molar-refractivity contribution in [3.05, 3.63) is 64.5 Å². The van der Waals surface area contributed by atoms with Crippen LogP contribution in [0.2, 0.25) is 0 Å². The number of methoxy groups -OCH3 is 1. The van der Waals surface area contributed by atoms with Crippen molar-refractivity contribution in [2.45, 2.75) is 26.3 Å². The van der Waals surface area contributed by atoms with Crippen LogP contribution in [0, 0.1) is 19.7 Å². The van der Waals surface area contributed by atoms with E-state index in [2.05, 4.69) is 5.32 Å². The highest BCUT2D eigenvalue weighted by atomic mass is 19.1. The number of carbonyl (C=O) groups is 2. The number of hydrogen-bond donors (Lipinski definition) is 2. The van der Waals surface area contributed by atoms with Crippen molar-refractivity contribution in [2.24, 2.45) is 0 Å². The molecule has 0 saturated heterocycles. The first-order valence-electron chi connectivity index (χ1n) is 7.74. The maximum atomic E-state index is 13.7. The molecular weight excluding hydrogens is 325 g/mol. The van der Waals surface area contributed by atoms with E-state index < -0.39 is 23.7 Å². The summed E-state index contributed by atoms with van der Waals surface area (Å²) in [6.07, 6.45) is -0.129. The zero-order valence-electron chi connectivity index (χ0n) is 14.3. The number of aliphatic carboxylic acids is 1. The minimum atomic E-state index is -1.16. The van der Waals surface area contributed by atoms with Crippen LogP contribution >= 0.6 is 0 Å². The van der Waals surface area contributed by atoms with E-state index in [4.69, 9.17) is 4.74 Å². The summed E-state index contributed by atoms with van der Waals surface area (Å²) in [5.74, 6) is -2.14. The van der Waals surface area contributed by atoms with E-state index in [1.807, 2.05) is 19.9 Å². The number of carboxylic acids is 1. The number of amides is 1. The number of benzene rings is 2. The van der Waals surface area contributed by atoms with Crippen LogP contribution in [-0.2, 0) is 16.0 Å². The average Bonchev–Trinajstić information content (AvgIpc) is 2.55. The first kappa shape index (κ1) is 18.4. The number of rotatable bonds is 6.